The van der Waals surface area contributed by atoms with Crippen molar-refractivity contribution in [3.8, 4) is 0 Å². The number of nitrogens with zero attached hydrogens (tertiary/aromatic N) is 2. The number of sulfonamides is 1. The molecule has 8 heteroatoms. The first-order chi connectivity index (χ1) is 19.1. The monoisotopic (exact) mass is 561 g/mol. The van der Waals surface area contributed by atoms with Gasteiger partial charge >= 0.3 is 0 Å². The number of carbonyl (C=O) groups is 2. The lowest BCUT2D eigenvalue weighted by molar-refractivity contribution is -0.140. The Labute approximate surface area is 238 Å². The first-order valence-corrected chi connectivity index (χ1v) is 15.7. The van der Waals surface area contributed by atoms with E-state index in [1.165, 1.54) is 4.31 Å². The van der Waals surface area contributed by atoms with Gasteiger partial charge in [0.15, 0.2) is 0 Å². The fourth-order valence-electron chi connectivity index (χ4n) is 5.48. The Kier molecular flexibility index (Phi) is 9.63. The molecule has 1 aliphatic rings. The van der Waals surface area contributed by atoms with Crippen LogP contribution in [0.1, 0.15) is 47.9 Å². The third-order valence-electron chi connectivity index (χ3n) is 7.54. The fraction of sp³-hybridized carbons (Fsp3) is 0.375. The number of aryl methyl sites for hydroxylation is 2. The van der Waals surface area contributed by atoms with Gasteiger partial charge in [0, 0.05) is 19.0 Å². The van der Waals surface area contributed by atoms with Gasteiger partial charge in [-0.25, -0.2) is 8.42 Å². The van der Waals surface area contributed by atoms with Crippen LogP contribution in [0.2, 0.25) is 0 Å². The summed E-state index contributed by atoms with van der Waals surface area (Å²) in [6.45, 7) is 3.44. The van der Waals surface area contributed by atoms with E-state index >= 15 is 0 Å². The molecule has 2 amide bonds. The molecule has 1 atom stereocenters. The molecule has 1 N–H and O–H groups in total. The molecule has 0 radical (unpaired) electrons. The summed E-state index contributed by atoms with van der Waals surface area (Å²) in [5.74, 6) is -0.641. The molecule has 0 bridgehead atoms. The highest BCUT2D eigenvalue weighted by Gasteiger charge is 2.34. The number of nitrogens with one attached hydrogen (secondary N) is 1. The van der Waals surface area contributed by atoms with Crippen molar-refractivity contribution in [3.63, 3.8) is 0 Å². The number of rotatable bonds is 11. The second-order valence-electron chi connectivity index (χ2n) is 10.7. The highest BCUT2D eigenvalue weighted by atomic mass is 32.2. The summed E-state index contributed by atoms with van der Waals surface area (Å²) < 4.78 is 27.3. The summed E-state index contributed by atoms with van der Waals surface area (Å²) >= 11 is 0. The molecular formula is C32H39N3O4S. The molecule has 0 aliphatic heterocycles. The summed E-state index contributed by atoms with van der Waals surface area (Å²) in [5.41, 5.74) is 3.79. The number of anilines is 1. The normalized spacial score (nSPS) is 14.5. The molecule has 0 aromatic heterocycles. The minimum Gasteiger partial charge on any atom is -0.352 e. The molecule has 0 spiro atoms. The van der Waals surface area contributed by atoms with Crippen molar-refractivity contribution in [2.45, 2.75) is 64.6 Å². The maximum atomic E-state index is 14.2. The highest BCUT2D eigenvalue weighted by Crippen LogP contribution is 2.27. The van der Waals surface area contributed by atoms with E-state index in [4.69, 9.17) is 0 Å². The zero-order valence-electron chi connectivity index (χ0n) is 23.5. The minimum absolute atomic E-state index is 0.0848. The van der Waals surface area contributed by atoms with Crippen molar-refractivity contribution in [2.75, 3.05) is 17.1 Å². The van der Waals surface area contributed by atoms with E-state index in [-0.39, 0.29) is 18.5 Å². The van der Waals surface area contributed by atoms with E-state index in [1.807, 2.05) is 92.7 Å². The molecule has 3 aromatic rings. The number of amides is 2. The van der Waals surface area contributed by atoms with Crippen molar-refractivity contribution >= 4 is 27.5 Å². The molecule has 1 aliphatic carbocycles. The van der Waals surface area contributed by atoms with Crippen molar-refractivity contribution < 1.29 is 18.0 Å². The van der Waals surface area contributed by atoms with E-state index in [9.17, 15) is 18.0 Å². The summed E-state index contributed by atoms with van der Waals surface area (Å²) in [5, 5.41) is 3.19. The Balaban J connectivity index is 1.73. The summed E-state index contributed by atoms with van der Waals surface area (Å²) in [6.07, 6.45) is 5.41. The lowest BCUT2D eigenvalue weighted by Crippen LogP contribution is -2.54. The van der Waals surface area contributed by atoms with Gasteiger partial charge < -0.3 is 10.2 Å². The smallest absolute Gasteiger partial charge is 0.244 e. The molecule has 212 valence electrons. The van der Waals surface area contributed by atoms with Crippen LogP contribution >= 0.6 is 0 Å². The third-order valence-corrected chi connectivity index (χ3v) is 8.65. The molecule has 0 heterocycles. The van der Waals surface area contributed by atoms with Crippen molar-refractivity contribution in [2.24, 2.45) is 0 Å². The van der Waals surface area contributed by atoms with Gasteiger partial charge in [-0.1, -0.05) is 91.7 Å². The molecule has 3 aromatic carbocycles. The Bertz CT molecular complexity index is 1380. The minimum atomic E-state index is -3.80. The van der Waals surface area contributed by atoms with E-state index in [0.29, 0.717) is 12.1 Å². The lowest BCUT2D eigenvalue weighted by Gasteiger charge is -2.34. The molecule has 1 saturated carbocycles. The number of carbonyl (C=O) groups excluding carboxylic acids is 2. The van der Waals surface area contributed by atoms with Gasteiger partial charge in [-0.15, -0.1) is 0 Å². The average Bonchev–Trinajstić information content (AvgIpc) is 3.43. The number of benzene rings is 3. The predicted molar refractivity (Wildman–Crippen MR) is 159 cm³/mol. The van der Waals surface area contributed by atoms with Crippen LogP contribution in [0.25, 0.3) is 0 Å². The van der Waals surface area contributed by atoms with Crippen LogP contribution in [-0.2, 0) is 32.6 Å². The molecule has 1 fully saturated rings. The zero-order chi connectivity index (χ0) is 28.7. The zero-order valence-corrected chi connectivity index (χ0v) is 24.4. The van der Waals surface area contributed by atoms with Crippen molar-refractivity contribution in [3.05, 3.63) is 101 Å². The van der Waals surface area contributed by atoms with Gasteiger partial charge in [0.05, 0.1) is 11.9 Å². The Morgan fingerprint density at radius 1 is 0.850 bits per heavy atom. The SMILES string of the molecule is Cc1cccc(C)c1N(CC(=O)N(Cc1ccccc1)[C@@H](Cc1ccccc1)C(=O)NC1CCCC1)S(C)(=O)=O. The largest absolute Gasteiger partial charge is 0.352 e. The van der Waals surface area contributed by atoms with Gasteiger partial charge in [-0.05, 0) is 48.9 Å². The molecule has 0 unspecified atom stereocenters. The van der Waals surface area contributed by atoms with Gasteiger partial charge in [-0.3, -0.25) is 13.9 Å². The van der Waals surface area contributed by atoms with Crippen molar-refractivity contribution in [1.82, 2.24) is 10.2 Å². The number of hydrogen-bond donors (Lipinski definition) is 1. The Morgan fingerprint density at radius 3 is 1.95 bits per heavy atom. The van der Waals surface area contributed by atoms with Crippen LogP contribution in [0.4, 0.5) is 5.69 Å². The first-order valence-electron chi connectivity index (χ1n) is 13.8. The topological polar surface area (TPSA) is 86.8 Å². The van der Waals surface area contributed by atoms with Crippen LogP contribution in [-0.4, -0.2) is 50.0 Å². The maximum absolute atomic E-state index is 14.2. The number of para-hydroxylation sites is 1. The quantitative estimate of drug-likeness (QED) is 0.366. The molecule has 4 rings (SSSR count). The second kappa shape index (κ2) is 13.1. The van der Waals surface area contributed by atoms with E-state index in [2.05, 4.69) is 5.32 Å². The fourth-order valence-corrected chi connectivity index (χ4v) is 6.44. The second-order valence-corrected chi connectivity index (χ2v) is 12.6. The van der Waals surface area contributed by atoms with E-state index in [0.717, 1.165) is 54.2 Å². The molecular weight excluding hydrogens is 522 g/mol. The van der Waals surface area contributed by atoms with Gasteiger partial charge in [0.1, 0.15) is 12.6 Å². The lowest BCUT2D eigenvalue weighted by atomic mass is 10.0. The average molecular weight is 562 g/mol. The van der Waals surface area contributed by atoms with E-state index in [1.54, 1.807) is 4.90 Å². The summed E-state index contributed by atoms with van der Waals surface area (Å²) in [7, 11) is -3.80. The summed E-state index contributed by atoms with van der Waals surface area (Å²) in [4.78, 5) is 29.6. The van der Waals surface area contributed by atoms with Crippen LogP contribution in [0.15, 0.2) is 78.9 Å². The highest BCUT2D eigenvalue weighted by molar-refractivity contribution is 7.92. The maximum Gasteiger partial charge on any atom is 0.244 e. The number of hydrogen-bond acceptors (Lipinski definition) is 4. The van der Waals surface area contributed by atoms with Crippen LogP contribution < -0.4 is 9.62 Å². The van der Waals surface area contributed by atoms with Gasteiger partial charge in [0.2, 0.25) is 21.8 Å². The molecule has 0 saturated heterocycles. The van der Waals surface area contributed by atoms with Crippen LogP contribution in [0, 0.1) is 13.8 Å². The van der Waals surface area contributed by atoms with Gasteiger partial charge in [0.25, 0.3) is 0 Å². The van der Waals surface area contributed by atoms with Crippen LogP contribution in [0.3, 0.4) is 0 Å². The molecule has 40 heavy (non-hydrogen) atoms. The standard InChI is InChI=1S/C32H39N3O4S/c1-24-13-12-14-25(2)31(24)35(40(3,38)39)23-30(36)34(22-27-17-8-5-9-18-27)29(21-26-15-6-4-7-16-26)32(37)33-28-19-10-11-20-28/h4-9,12-18,28-29H,10-11,19-23H2,1-3H3,(H,33,37)/t29-/m0/s1. The van der Waals surface area contributed by atoms with E-state index < -0.39 is 28.5 Å². The first kappa shape index (κ1) is 29.3. The molecule has 7 nitrogen and oxygen atoms in total. The van der Waals surface area contributed by atoms with Crippen LogP contribution in [0.5, 0.6) is 0 Å². The van der Waals surface area contributed by atoms with Gasteiger partial charge in [-0.2, -0.15) is 0 Å². The van der Waals surface area contributed by atoms with Crippen molar-refractivity contribution in [1.29, 1.82) is 0 Å². The summed E-state index contributed by atoms with van der Waals surface area (Å²) in [6, 6.07) is 23.9. The Hall–Kier alpha value is -3.65. The third kappa shape index (κ3) is 7.50. The predicted octanol–water partition coefficient (Wildman–Crippen LogP) is 4.77. The Morgan fingerprint density at radius 2 is 1.40 bits per heavy atom.